The third-order valence-corrected chi connectivity index (χ3v) is 3.71. The molecule has 0 radical (unpaired) electrons. The van der Waals surface area contributed by atoms with E-state index in [4.69, 9.17) is 11.5 Å². The van der Waals surface area contributed by atoms with Crippen LogP contribution in [0, 0.1) is 6.92 Å². The molecule has 0 aromatic carbocycles. The molecular formula is C15H21N5. The van der Waals surface area contributed by atoms with Crippen LogP contribution in [0.2, 0.25) is 0 Å². The summed E-state index contributed by atoms with van der Waals surface area (Å²) in [6.07, 6.45) is 5.46. The molecule has 0 spiro atoms. The lowest BCUT2D eigenvalue weighted by molar-refractivity contribution is 0.477. The van der Waals surface area contributed by atoms with Crippen molar-refractivity contribution in [2.24, 2.45) is 0 Å². The Morgan fingerprint density at radius 3 is 2.55 bits per heavy atom. The Kier molecular flexibility index (Phi) is 3.88. The van der Waals surface area contributed by atoms with Crippen LogP contribution in [-0.2, 0) is 11.8 Å². The first kappa shape index (κ1) is 14.2. The van der Waals surface area contributed by atoms with E-state index >= 15 is 0 Å². The van der Waals surface area contributed by atoms with E-state index in [-0.39, 0.29) is 11.4 Å². The summed E-state index contributed by atoms with van der Waals surface area (Å²) < 4.78 is 0. The van der Waals surface area contributed by atoms with E-state index in [0.717, 1.165) is 24.1 Å². The first-order valence-corrected chi connectivity index (χ1v) is 6.69. The van der Waals surface area contributed by atoms with Crippen LogP contribution in [0.1, 0.15) is 37.1 Å². The van der Waals surface area contributed by atoms with Crippen LogP contribution in [0.15, 0.2) is 24.5 Å². The molecule has 5 heteroatoms. The second-order valence-corrected chi connectivity index (χ2v) is 5.66. The normalized spacial score (nSPS) is 11.6. The van der Waals surface area contributed by atoms with Crippen molar-refractivity contribution < 1.29 is 0 Å². The van der Waals surface area contributed by atoms with E-state index in [9.17, 15) is 0 Å². The van der Waals surface area contributed by atoms with Gasteiger partial charge in [-0.2, -0.15) is 4.98 Å². The van der Waals surface area contributed by atoms with Gasteiger partial charge in [0.1, 0.15) is 5.82 Å². The van der Waals surface area contributed by atoms with Crippen LogP contribution in [0.4, 0.5) is 11.8 Å². The summed E-state index contributed by atoms with van der Waals surface area (Å²) >= 11 is 0. The molecule has 2 heterocycles. The zero-order chi connectivity index (χ0) is 14.8. The second-order valence-electron chi connectivity index (χ2n) is 5.66. The average molecular weight is 271 g/mol. The van der Waals surface area contributed by atoms with Gasteiger partial charge in [0.25, 0.3) is 0 Å². The molecular weight excluding hydrogens is 250 g/mol. The summed E-state index contributed by atoms with van der Waals surface area (Å²) in [5.41, 5.74) is 14.6. The molecule has 20 heavy (non-hydrogen) atoms. The lowest BCUT2D eigenvalue weighted by Crippen LogP contribution is -2.19. The Labute approximate surface area is 119 Å². The fourth-order valence-electron chi connectivity index (χ4n) is 2.29. The predicted octanol–water partition coefficient (Wildman–Crippen LogP) is 2.25. The van der Waals surface area contributed by atoms with Crippen molar-refractivity contribution in [3.05, 3.63) is 41.3 Å². The summed E-state index contributed by atoms with van der Waals surface area (Å²) in [7, 11) is 0. The minimum atomic E-state index is 0.0223. The van der Waals surface area contributed by atoms with Crippen molar-refractivity contribution >= 4 is 11.8 Å². The van der Waals surface area contributed by atoms with Gasteiger partial charge in [-0.25, -0.2) is 4.98 Å². The van der Waals surface area contributed by atoms with Gasteiger partial charge in [-0.15, -0.1) is 0 Å². The highest BCUT2D eigenvalue weighted by Gasteiger charge is 2.22. The van der Waals surface area contributed by atoms with Crippen molar-refractivity contribution in [3.63, 3.8) is 0 Å². The van der Waals surface area contributed by atoms with Gasteiger partial charge in [-0.3, -0.25) is 4.98 Å². The molecule has 0 saturated heterocycles. The lowest BCUT2D eigenvalue weighted by Gasteiger charge is -2.25. The smallest absolute Gasteiger partial charge is 0.222 e. The van der Waals surface area contributed by atoms with Crippen molar-refractivity contribution in [1.82, 2.24) is 15.0 Å². The van der Waals surface area contributed by atoms with Crippen LogP contribution < -0.4 is 11.5 Å². The summed E-state index contributed by atoms with van der Waals surface area (Å²) in [5, 5.41) is 0. The molecule has 0 aliphatic carbocycles. The Balaban J connectivity index is 2.17. The molecule has 106 valence electrons. The van der Waals surface area contributed by atoms with Crippen LogP contribution in [-0.4, -0.2) is 15.0 Å². The molecule has 2 aromatic heterocycles. The standard InChI is InChI=1S/C15H21N5/c1-10-12(13(16)20-14(17)19-10)6-7-15(2,3)11-5-4-8-18-9-11/h4-5,8-9H,6-7H2,1-3H3,(H4,16,17,19,20). The maximum atomic E-state index is 5.95. The highest BCUT2D eigenvalue weighted by atomic mass is 15.0. The van der Waals surface area contributed by atoms with Gasteiger partial charge in [0.15, 0.2) is 0 Å². The largest absolute Gasteiger partial charge is 0.383 e. The molecule has 0 amide bonds. The van der Waals surface area contributed by atoms with Crippen LogP contribution >= 0.6 is 0 Å². The van der Waals surface area contributed by atoms with Gasteiger partial charge in [-0.1, -0.05) is 19.9 Å². The number of nitrogens with zero attached hydrogens (tertiary/aromatic N) is 3. The van der Waals surface area contributed by atoms with E-state index in [0.29, 0.717) is 5.82 Å². The Hall–Kier alpha value is -2.17. The summed E-state index contributed by atoms with van der Waals surface area (Å²) in [6.45, 7) is 6.32. The van der Waals surface area contributed by atoms with Gasteiger partial charge in [0, 0.05) is 23.7 Å². The molecule has 0 bridgehead atoms. The van der Waals surface area contributed by atoms with E-state index in [1.165, 1.54) is 5.56 Å². The first-order valence-electron chi connectivity index (χ1n) is 6.69. The van der Waals surface area contributed by atoms with Gasteiger partial charge >= 0.3 is 0 Å². The van der Waals surface area contributed by atoms with Gasteiger partial charge in [-0.05, 0) is 36.8 Å². The fourth-order valence-corrected chi connectivity index (χ4v) is 2.29. The van der Waals surface area contributed by atoms with E-state index in [1.807, 2.05) is 19.2 Å². The third kappa shape index (κ3) is 3.04. The number of aryl methyl sites for hydroxylation is 1. The van der Waals surface area contributed by atoms with E-state index < -0.39 is 0 Å². The molecule has 0 aliphatic heterocycles. The number of rotatable bonds is 4. The average Bonchev–Trinajstić information content (AvgIpc) is 2.38. The Morgan fingerprint density at radius 2 is 1.95 bits per heavy atom. The number of nitrogens with two attached hydrogens (primary N) is 2. The van der Waals surface area contributed by atoms with E-state index in [1.54, 1.807) is 6.20 Å². The van der Waals surface area contributed by atoms with Gasteiger partial charge < -0.3 is 11.5 Å². The number of aromatic nitrogens is 3. The number of hydrogen-bond acceptors (Lipinski definition) is 5. The Bertz CT molecular complexity index is 569. The summed E-state index contributed by atoms with van der Waals surface area (Å²) in [5.74, 6) is 0.715. The Morgan fingerprint density at radius 1 is 1.20 bits per heavy atom. The quantitative estimate of drug-likeness (QED) is 0.890. The molecule has 0 atom stereocenters. The predicted molar refractivity (Wildman–Crippen MR) is 81.2 cm³/mol. The molecule has 0 aliphatic rings. The maximum absolute atomic E-state index is 5.95. The van der Waals surface area contributed by atoms with E-state index in [2.05, 4.69) is 34.9 Å². The maximum Gasteiger partial charge on any atom is 0.222 e. The third-order valence-electron chi connectivity index (χ3n) is 3.71. The molecule has 0 unspecified atom stereocenters. The molecule has 0 saturated carbocycles. The van der Waals surface area contributed by atoms with Crippen molar-refractivity contribution in [2.75, 3.05) is 11.5 Å². The number of anilines is 2. The van der Waals surface area contributed by atoms with Crippen molar-refractivity contribution in [3.8, 4) is 0 Å². The SMILES string of the molecule is Cc1nc(N)nc(N)c1CCC(C)(C)c1cccnc1. The zero-order valence-corrected chi connectivity index (χ0v) is 12.2. The van der Waals surface area contributed by atoms with Crippen molar-refractivity contribution in [1.29, 1.82) is 0 Å². The number of nitrogen functional groups attached to an aromatic ring is 2. The monoisotopic (exact) mass is 271 g/mol. The summed E-state index contributed by atoms with van der Waals surface area (Å²) in [6, 6.07) is 4.06. The van der Waals surface area contributed by atoms with Crippen LogP contribution in [0.25, 0.3) is 0 Å². The molecule has 4 N–H and O–H groups in total. The molecule has 2 rings (SSSR count). The van der Waals surface area contributed by atoms with Crippen molar-refractivity contribution in [2.45, 2.75) is 39.0 Å². The molecule has 2 aromatic rings. The molecule has 5 nitrogen and oxygen atoms in total. The first-order chi connectivity index (χ1) is 9.40. The number of hydrogen-bond donors (Lipinski definition) is 2. The second kappa shape index (κ2) is 5.45. The highest BCUT2D eigenvalue weighted by molar-refractivity contribution is 5.45. The molecule has 0 fully saturated rings. The summed E-state index contributed by atoms with van der Waals surface area (Å²) in [4.78, 5) is 12.4. The van der Waals surface area contributed by atoms with Gasteiger partial charge in [0.05, 0.1) is 0 Å². The highest BCUT2D eigenvalue weighted by Crippen LogP contribution is 2.29. The fraction of sp³-hybridized carbons (Fsp3) is 0.400. The van der Waals surface area contributed by atoms with Crippen LogP contribution in [0.3, 0.4) is 0 Å². The van der Waals surface area contributed by atoms with Crippen LogP contribution in [0.5, 0.6) is 0 Å². The number of pyridine rings is 1. The lowest BCUT2D eigenvalue weighted by atomic mass is 9.80. The van der Waals surface area contributed by atoms with Gasteiger partial charge in [0.2, 0.25) is 5.95 Å². The minimum Gasteiger partial charge on any atom is -0.383 e. The minimum absolute atomic E-state index is 0.0223. The topological polar surface area (TPSA) is 90.7 Å². The zero-order valence-electron chi connectivity index (χ0n) is 12.2.